The third kappa shape index (κ3) is 15.3. The molecule has 3 rings (SSSR count). The molecule has 0 aromatic heterocycles. The molecule has 0 aliphatic carbocycles. The van der Waals surface area contributed by atoms with Gasteiger partial charge in [0.05, 0.1) is 64.5 Å². The fraction of sp³-hybridized carbons (Fsp3) is 0.545. The highest BCUT2D eigenvalue weighted by Gasteiger charge is 2.09. The molecule has 1 aliphatic rings. The molecule has 7 nitrogen and oxygen atoms in total. The lowest BCUT2D eigenvalue weighted by Gasteiger charge is -2.25. The summed E-state index contributed by atoms with van der Waals surface area (Å²) in [6.45, 7) is 12.7. The van der Waals surface area contributed by atoms with Gasteiger partial charge in [-0.3, -0.25) is 4.90 Å². The van der Waals surface area contributed by atoms with Gasteiger partial charge >= 0.3 is 0 Å². The summed E-state index contributed by atoms with van der Waals surface area (Å²) in [7, 11) is -0.845. The minimum Gasteiger partial charge on any atom is -0.378 e. The molecule has 1 heterocycles. The van der Waals surface area contributed by atoms with Crippen molar-refractivity contribution in [3.8, 4) is 17.2 Å². The predicted molar refractivity (Wildman–Crippen MR) is 172 cm³/mol. The van der Waals surface area contributed by atoms with E-state index in [0.717, 1.165) is 44.0 Å². The van der Waals surface area contributed by atoms with Gasteiger partial charge in [0.25, 0.3) is 0 Å². The number of hydrogen-bond donors (Lipinski definition) is 0. The normalized spacial score (nSPS) is 17.4. The van der Waals surface area contributed by atoms with Crippen molar-refractivity contribution in [3.63, 3.8) is 0 Å². The maximum atomic E-state index is 9.03. The number of hydrogen-bond acceptors (Lipinski definition) is 7. The maximum absolute atomic E-state index is 9.03. The lowest BCUT2D eigenvalue weighted by atomic mass is 10.1. The van der Waals surface area contributed by atoms with Crippen molar-refractivity contribution in [3.05, 3.63) is 65.2 Å². The Labute approximate surface area is 250 Å². The summed E-state index contributed by atoms with van der Waals surface area (Å²) in [6.07, 6.45) is 6.60. The summed E-state index contributed by atoms with van der Waals surface area (Å²) in [5.74, 6) is 3.30. The van der Waals surface area contributed by atoms with E-state index in [1.54, 1.807) is 0 Å². The second-order valence-corrected chi connectivity index (χ2v) is 14.0. The number of benzene rings is 2. The van der Waals surface area contributed by atoms with Gasteiger partial charge < -0.3 is 23.8 Å². The largest absolute Gasteiger partial charge is 0.378 e. The molecule has 2 aromatic rings. The second kappa shape index (κ2) is 20.3. The Morgan fingerprint density at radius 3 is 1.59 bits per heavy atom. The zero-order valence-corrected chi connectivity index (χ0v) is 26.5. The molecule has 0 radical (unpaired) electrons. The summed E-state index contributed by atoms with van der Waals surface area (Å²) in [6, 6.07) is 18.3. The van der Waals surface area contributed by atoms with Gasteiger partial charge in [-0.2, -0.15) is 15.3 Å². The van der Waals surface area contributed by atoms with E-state index >= 15 is 0 Å². The first-order valence-corrected chi connectivity index (χ1v) is 17.4. The molecule has 2 aromatic carbocycles. The number of rotatable bonds is 3. The Hall–Kier alpha value is -2.56. The van der Waals surface area contributed by atoms with Crippen LogP contribution in [0.15, 0.2) is 48.5 Å². The van der Waals surface area contributed by atoms with Crippen LogP contribution in [0.1, 0.15) is 30.5 Å². The van der Waals surface area contributed by atoms with Crippen molar-refractivity contribution in [2.75, 3.05) is 103 Å². The highest BCUT2D eigenvalue weighted by molar-refractivity contribution is 8.35. The molecular weight excluding hydrogens is 534 g/mol. The van der Waals surface area contributed by atoms with E-state index in [0.29, 0.717) is 58.4 Å². The van der Waals surface area contributed by atoms with Crippen LogP contribution in [0.25, 0.3) is 0 Å². The number of nitriles is 1. The quantitative estimate of drug-likeness (QED) is 0.473. The van der Waals surface area contributed by atoms with Crippen LogP contribution in [0.5, 0.6) is 0 Å². The molecule has 0 amide bonds. The van der Waals surface area contributed by atoms with Crippen LogP contribution in [-0.2, 0) is 25.5 Å². The monoisotopic (exact) mass is 583 g/mol. The second-order valence-electron chi connectivity index (χ2n) is 10.1. The first-order valence-electron chi connectivity index (χ1n) is 14.5. The van der Waals surface area contributed by atoms with Gasteiger partial charge in [0.1, 0.15) is 0 Å². The minimum atomic E-state index is -0.845. The predicted octanol–water partition coefficient (Wildman–Crippen LogP) is 4.98. The third-order valence-corrected chi connectivity index (χ3v) is 6.80. The van der Waals surface area contributed by atoms with Crippen LogP contribution < -0.4 is 4.90 Å². The van der Waals surface area contributed by atoms with E-state index in [1.165, 1.54) is 5.56 Å². The fourth-order valence-electron chi connectivity index (χ4n) is 3.93. The van der Waals surface area contributed by atoms with Crippen LogP contribution in [0.4, 0.5) is 5.69 Å². The van der Waals surface area contributed by atoms with Crippen LogP contribution in [0.2, 0.25) is 0 Å². The van der Waals surface area contributed by atoms with E-state index in [2.05, 4.69) is 70.1 Å². The Morgan fingerprint density at radius 2 is 1.12 bits per heavy atom. The third-order valence-electron chi connectivity index (χ3n) is 6.08. The molecule has 1 saturated heterocycles. The SMILES string of the molecule is CC.CS(C)(C)C#Cc1ccc(N2CCOCCOCCN(Cc3ccc(C#N)cc3)CCOCCOCC2)cc1. The summed E-state index contributed by atoms with van der Waals surface area (Å²) >= 11 is 0. The van der Waals surface area contributed by atoms with E-state index in [-0.39, 0.29) is 0 Å². The maximum Gasteiger partial charge on any atom is 0.0991 e. The van der Waals surface area contributed by atoms with Gasteiger partial charge in [0, 0.05) is 44.0 Å². The first kappa shape index (κ1) is 34.6. The molecule has 0 unspecified atom stereocenters. The van der Waals surface area contributed by atoms with Gasteiger partial charge in [-0.15, -0.1) is 0 Å². The molecule has 0 N–H and O–H groups in total. The number of ether oxygens (including phenoxy) is 4. The Bertz CT molecular complexity index is 1050. The topological polar surface area (TPSA) is 67.2 Å². The van der Waals surface area contributed by atoms with E-state index in [1.807, 2.05) is 38.1 Å². The average molecular weight is 584 g/mol. The summed E-state index contributed by atoms with van der Waals surface area (Å²) in [5, 5.41) is 12.4. The molecule has 41 heavy (non-hydrogen) atoms. The molecule has 0 atom stereocenters. The summed E-state index contributed by atoms with van der Waals surface area (Å²) in [5.41, 5.74) is 4.02. The van der Waals surface area contributed by atoms with Crippen LogP contribution >= 0.6 is 10.0 Å². The Balaban J connectivity index is 0.00000287. The highest BCUT2D eigenvalue weighted by Crippen LogP contribution is 2.32. The lowest BCUT2D eigenvalue weighted by molar-refractivity contribution is 0.0211. The van der Waals surface area contributed by atoms with Crippen LogP contribution in [0.3, 0.4) is 0 Å². The summed E-state index contributed by atoms with van der Waals surface area (Å²) < 4.78 is 23.5. The molecule has 0 saturated carbocycles. The molecule has 1 fully saturated rings. The van der Waals surface area contributed by atoms with Gasteiger partial charge in [0.2, 0.25) is 0 Å². The molecule has 8 heteroatoms. The van der Waals surface area contributed by atoms with Gasteiger partial charge in [-0.25, -0.2) is 0 Å². The lowest BCUT2D eigenvalue weighted by Crippen LogP contribution is -2.33. The average Bonchev–Trinajstić information content (AvgIpc) is 2.98. The van der Waals surface area contributed by atoms with Crippen LogP contribution in [-0.4, -0.2) is 103 Å². The minimum absolute atomic E-state index is 0.562. The van der Waals surface area contributed by atoms with Crippen molar-refractivity contribution in [1.82, 2.24) is 4.90 Å². The zero-order chi connectivity index (χ0) is 29.8. The molecular formula is C33H49N3O4S. The number of nitrogens with zero attached hydrogens (tertiary/aromatic N) is 3. The molecule has 0 spiro atoms. The Morgan fingerprint density at radius 1 is 0.659 bits per heavy atom. The van der Waals surface area contributed by atoms with Gasteiger partial charge in [-0.05, 0) is 66.0 Å². The highest BCUT2D eigenvalue weighted by atomic mass is 32.3. The fourth-order valence-corrected chi connectivity index (χ4v) is 4.36. The summed E-state index contributed by atoms with van der Waals surface area (Å²) in [4.78, 5) is 4.60. The van der Waals surface area contributed by atoms with Gasteiger partial charge in [0.15, 0.2) is 0 Å². The standard InChI is InChI=1S/C31H43N3O4S.C2H6/c1-39(2,3)25-12-28-8-10-31(11-9-28)34-15-19-37-23-21-35-17-13-33(14-18-36-22-24-38-20-16-34)27-30-6-4-29(26-32)5-7-30;1-2/h4-11H,13-24,27H2,1-3H3;1-2H3. The van der Waals surface area contributed by atoms with Crippen molar-refractivity contribution in [1.29, 1.82) is 5.26 Å². The smallest absolute Gasteiger partial charge is 0.0991 e. The van der Waals surface area contributed by atoms with Crippen LogP contribution in [0, 0.1) is 22.5 Å². The van der Waals surface area contributed by atoms with Crippen molar-refractivity contribution in [2.24, 2.45) is 0 Å². The first-order chi connectivity index (χ1) is 19.9. The zero-order valence-electron chi connectivity index (χ0n) is 25.7. The number of anilines is 1. The van der Waals surface area contributed by atoms with Crippen molar-refractivity contribution < 1.29 is 18.9 Å². The van der Waals surface area contributed by atoms with Crippen molar-refractivity contribution >= 4 is 15.7 Å². The van der Waals surface area contributed by atoms with E-state index in [9.17, 15) is 0 Å². The van der Waals surface area contributed by atoms with Crippen molar-refractivity contribution in [2.45, 2.75) is 20.4 Å². The van der Waals surface area contributed by atoms with Gasteiger partial charge in [-0.1, -0.05) is 31.9 Å². The van der Waals surface area contributed by atoms with E-state index < -0.39 is 10.0 Å². The molecule has 0 bridgehead atoms. The molecule has 1 aliphatic heterocycles. The molecule has 226 valence electrons. The van der Waals surface area contributed by atoms with E-state index in [4.69, 9.17) is 24.2 Å². The Kier molecular flexibility index (Phi) is 17.2.